The fraction of sp³-hybridized carbons (Fsp3) is 0.571. The van der Waals surface area contributed by atoms with Crippen molar-refractivity contribution in [3.8, 4) is 0 Å². The molecule has 1 N–H and O–H groups in total. The van der Waals surface area contributed by atoms with Crippen LogP contribution in [0, 0.1) is 5.82 Å². The third kappa shape index (κ3) is 4.10. The van der Waals surface area contributed by atoms with Crippen LogP contribution in [0.3, 0.4) is 0 Å². The molecule has 0 bridgehead atoms. The maximum Gasteiger partial charge on any atom is 0.126 e. The Kier molecular flexibility index (Phi) is 4.95. The fourth-order valence-corrected chi connectivity index (χ4v) is 2.29. The molecule has 0 atom stereocenters. The second kappa shape index (κ2) is 6.72. The van der Waals surface area contributed by atoms with Gasteiger partial charge in [-0.1, -0.05) is 18.2 Å². The van der Waals surface area contributed by atoms with Gasteiger partial charge in [0, 0.05) is 26.2 Å². The number of nitrogens with zero attached hydrogens (tertiary/aromatic N) is 1. The highest BCUT2D eigenvalue weighted by molar-refractivity contribution is 5.17. The summed E-state index contributed by atoms with van der Waals surface area (Å²) in [5.74, 6) is -0.0605. The molecule has 0 radical (unpaired) electrons. The van der Waals surface area contributed by atoms with Gasteiger partial charge in [0.25, 0.3) is 0 Å². The molecule has 0 aromatic heterocycles. The van der Waals surface area contributed by atoms with Crippen molar-refractivity contribution in [1.29, 1.82) is 0 Å². The van der Waals surface area contributed by atoms with Crippen LogP contribution in [0.5, 0.6) is 0 Å². The van der Waals surface area contributed by atoms with Crippen LogP contribution in [0.15, 0.2) is 24.3 Å². The van der Waals surface area contributed by atoms with Crippen molar-refractivity contribution in [2.75, 3.05) is 32.7 Å². The lowest BCUT2D eigenvalue weighted by atomic mass is 10.1. The van der Waals surface area contributed by atoms with Gasteiger partial charge in [-0.05, 0) is 37.4 Å². The normalized spacial score (nSPS) is 17.2. The first-order chi connectivity index (χ1) is 8.36. The lowest BCUT2D eigenvalue weighted by Crippen LogP contribution is -2.43. The van der Waals surface area contributed by atoms with Crippen LogP contribution in [0.25, 0.3) is 0 Å². The van der Waals surface area contributed by atoms with Crippen molar-refractivity contribution in [2.24, 2.45) is 0 Å². The Hall–Kier alpha value is -0.930. The van der Waals surface area contributed by atoms with E-state index < -0.39 is 0 Å². The molecule has 17 heavy (non-hydrogen) atoms. The molecule has 1 heterocycles. The molecule has 2 rings (SSSR count). The zero-order valence-electron chi connectivity index (χ0n) is 10.3. The molecule has 1 aliphatic rings. The summed E-state index contributed by atoms with van der Waals surface area (Å²) < 4.78 is 13.4. The van der Waals surface area contributed by atoms with Gasteiger partial charge in [-0.3, -0.25) is 0 Å². The summed E-state index contributed by atoms with van der Waals surface area (Å²) in [4.78, 5) is 2.48. The van der Waals surface area contributed by atoms with E-state index in [1.807, 2.05) is 12.1 Å². The molecular formula is C14H21FN2. The molecular weight excluding hydrogens is 215 g/mol. The number of benzene rings is 1. The number of hydrogen-bond acceptors (Lipinski definition) is 2. The van der Waals surface area contributed by atoms with E-state index in [2.05, 4.69) is 10.2 Å². The molecule has 0 unspecified atom stereocenters. The van der Waals surface area contributed by atoms with Crippen LogP contribution in [-0.2, 0) is 6.42 Å². The number of piperazine rings is 1. The third-order valence-corrected chi connectivity index (χ3v) is 3.34. The molecule has 1 fully saturated rings. The topological polar surface area (TPSA) is 15.3 Å². The highest BCUT2D eigenvalue weighted by Crippen LogP contribution is 2.10. The maximum absolute atomic E-state index is 13.4. The Morgan fingerprint density at radius 1 is 1.12 bits per heavy atom. The Morgan fingerprint density at radius 2 is 1.88 bits per heavy atom. The van der Waals surface area contributed by atoms with Crippen molar-refractivity contribution >= 4 is 0 Å². The first-order valence-corrected chi connectivity index (χ1v) is 6.53. The molecule has 1 aliphatic heterocycles. The molecule has 0 saturated carbocycles. The van der Waals surface area contributed by atoms with E-state index in [1.165, 1.54) is 0 Å². The summed E-state index contributed by atoms with van der Waals surface area (Å²) in [5, 5.41) is 3.35. The SMILES string of the molecule is Fc1ccccc1CCCCN1CCNCC1. The number of unbranched alkanes of at least 4 members (excludes halogenated alkanes) is 1. The fourth-order valence-electron chi connectivity index (χ4n) is 2.29. The van der Waals surface area contributed by atoms with Gasteiger partial charge in [-0.15, -0.1) is 0 Å². The quantitative estimate of drug-likeness (QED) is 0.787. The Bertz CT molecular complexity index is 335. The van der Waals surface area contributed by atoms with Gasteiger partial charge in [0.05, 0.1) is 0 Å². The van der Waals surface area contributed by atoms with Gasteiger partial charge in [-0.25, -0.2) is 4.39 Å². The van der Waals surface area contributed by atoms with E-state index in [9.17, 15) is 4.39 Å². The first-order valence-electron chi connectivity index (χ1n) is 6.53. The summed E-state index contributed by atoms with van der Waals surface area (Å²) in [6.45, 7) is 5.66. The molecule has 1 aromatic rings. The van der Waals surface area contributed by atoms with Crippen LogP contribution < -0.4 is 5.32 Å². The van der Waals surface area contributed by atoms with Gasteiger partial charge in [0.15, 0.2) is 0 Å². The molecule has 2 nitrogen and oxygen atoms in total. The number of halogens is 1. The van der Waals surface area contributed by atoms with Gasteiger partial charge in [0.1, 0.15) is 5.82 Å². The van der Waals surface area contributed by atoms with Crippen molar-refractivity contribution in [3.63, 3.8) is 0 Å². The van der Waals surface area contributed by atoms with E-state index >= 15 is 0 Å². The number of aryl methyl sites for hydroxylation is 1. The molecule has 0 amide bonds. The second-order valence-electron chi connectivity index (χ2n) is 4.64. The van der Waals surface area contributed by atoms with Crippen LogP contribution in [-0.4, -0.2) is 37.6 Å². The minimum absolute atomic E-state index is 0.0605. The standard InChI is InChI=1S/C14H21FN2/c15-14-7-2-1-5-13(14)6-3-4-10-17-11-8-16-9-12-17/h1-2,5,7,16H,3-4,6,8-12H2. The van der Waals surface area contributed by atoms with Gasteiger partial charge in [-0.2, -0.15) is 0 Å². The average molecular weight is 236 g/mol. The van der Waals surface area contributed by atoms with Crippen LogP contribution in [0.4, 0.5) is 4.39 Å². The monoisotopic (exact) mass is 236 g/mol. The summed E-state index contributed by atoms with van der Waals surface area (Å²) >= 11 is 0. The maximum atomic E-state index is 13.4. The third-order valence-electron chi connectivity index (χ3n) is 3.34. The van der Waals surface area contributed by atoms with Crippen LogP contribution >= 0.6 is 0 Å². The molecule has 1 saturated heterocycles. The van der Waals surface area contributed by atoms with E-state index in [0.29, 0.717) is 0 Å². The molecule has 0 spiro atoms. The molecule has 1 aromatic carbocycles. The van der Waals surface area contributed by atoms with Crippen LogP contribution in [0.1, 0.15) is 18.4 Å². The minimum Gasteiger partial charge on any atom is -0.314 e. The van der Waals surface area contributed by atoms with E-state index in [-0.39, 0.29) is 5.82 Å². The summed E-state index contributed by atoms with van der Waals surface area (Å²) in [6.07, 6.45) is 3.10. The van der Waals surface area contributed by atoms with Gasteiger partial charge in [0.2, 0.25) is 0 Å². The summed E-state index contributed by atoms with van der Waals surface area (Å²) in [6, 6.07) is 7.10. The highest BCUT2D eigenvalue weighted by Gasteiger charge is 2.08. The number of hydrogen-bond donors (Lipinski definition) is 1. The second-order valence-corrected chi connectivity index (χ2v) is 4.64. The lowest BCUT2D eigenvalue weighted by Gasteiger charge is -2.27. The van der Waals surface area contributed by atoms with Crippen molar-refractivity contribution in [1.82, 2.24) is 10.2 Å². The highest BCUT2D eigenvalue weighted by atomic mass is 19.1. The van der Waals surface area contributed by atoms with Gasteiger partial charge >= 0.3 is 0 Å². The zero-order valence-corrected chi connectivity index (χ0v) is 10.3. The number of rotatable bonds is 5. The van der Waals surface area contributed by atoms with Crippen molar-refractivity contribution < 1.29 is 4.39 Å². The van der Waals surface area contributed by atoms with Crippen LogP contribution in [0.2, 0.25) is 0 Å². The van der Waals surface area contributed by atoms with E-state index in [4.69, 9.17) is 0 Å². The van der Waals surface area contributed by atoms with E-state index in [0.717, 1.165) is 57.5 Å². The van der Waals surface area contributed by atoms with E-state index in [1.54, 1.807) is 12.1 Å². The Balaban J connectivity index is 1.64. The molecule has 0 aliphatic carbocycles. The minimum atomic E-state index is -0.0605. The predicted molar refractivity (Wildman–Crippen MR) is 68.6 cm³/mol. The predicted octanol–water partition coefficient (Wildman–Crippen LogP) is 2.05. The zero-order chi connectivity index (χ0) is 11.9. The Labute approximate surface area is 103 Å². The lowest BCUT2D eigenvalue weighted by molar-refractivity contribution is 0.237. The molecule has 94 valence electrons. The summed E-state index contributed by atoms with van der Waals surface area (Å²) in [5.41, 5.74) is 0.854. The molecule has 3 heteroatoms. The van der Waals surface area contributed by atoms with Crippen molar-refractivity contribution in [3.05, 3.63) is 35.6 Å². The number of nitrogens with one attached hydrogen (secondary N) is 1. The van der Waals surface area contributed by atoms with Crippen molar-refractivity contribution in [2.45, 2.75) is 19.3 Å². The van der Waals surface area contributed by atoms with Gasteiger partial charge < -0.3 is 10.2 Å². The largest absolute Gasteiger partial charge is 0.314 e. The Morgan fingerprint density at radius 3 is 2.65 bits per heavy atom. The summed E-state index contributed by atoms with van der Waals surface area (Å²) in [7, 11) is 0. The average Bonchev–Trinajstić information content (AvgIpc) is 2.38. The first kappa shape index (κ1) is 12.5. The smallest absolute Gasteiger partial charge is 0.126 e.